The number of benzene rings is 1. The van der Waals surface area contributed by atoms with Gasteiger partial charge in [-0.15, -0.1) is 0 Å². The van der Waals surface area contributed by atoms with Gasteiger partial charge >= 0.3 is 0 Å². The molecule has 4 heteroatoms. The molecule has 0 radical (unpaired) electrons. The maximum Gasteiger partial charge on any atom is 0.131 e. The number of nitrogens with zero attached hydrogens (tertiary/aromatic N) is 1. The number of hydrogen-bond donors (Lipinski definition) is 1. The third-order valence-corrected chi connectivity index (χ3v) is 4.43. The number of aliphatic hydroxyl groups excluding tert-OH is 1. The number of thioether (sulfide) groups is 1. The molecule has 17 heavy (non-hydrogen) atoms. The summed E-state index contributed by atoms with van der Waals surface area (Å²) in [6, 6.07) is 5.44. The summed E-state index contributed by atoms with van der Waals surface area (Å²) in [6.45, 7) is 1.61. The van der Waals surface area contributed by atoms with Gasteiger partial charge in [0, 0.05) is 30.1 Å². The van der Waals surface area contributed by atoms with Crippen LogP contribution in [0, 0.1) is 5.82 Å². The molecule has 1 aromatic carbocycles. The van der Waals surface area contributed by atoms with Crippen LogP contribution in [-0.4, -0.2) is 29.7 Å². The Hall–Kier alpha value is -0.740. The first-order chi connectivity index (χ1) is 8.11. The Morgan fingerprint density at radius 3 is 2.88 bits per heavy atom. The molecule has 1 heterocycles. The summed E-state index contributed by atoms with van der Waals surface area (Å²) in [4.78, 5) is 2.10. The molecular formula is C13H18FNOS. The molecule has 0 saturated carbocycles. The van der Waals surface area contributed by atoms with Gasteiger partial charge in [0.15, 0.2) is 0 Å². The zero-order chi connectivity index (χ0) is 12.4. The smallest absolute Gasteiger partial charge is 0.131 e. The molecule has 1 fully saturated rings. The van der Waals surface area contributed by atoms with Crippen molar-refractivity contribution >= 4 is 17.4 Å². The average Bonchev–Trinajstić information content (AvgIpc) is 2.80. The van der Waals surface area contributed by atoms with Crippen LogP contribution in [0.15, 0.2) is 18.2 Å². The minimum Gasteiger partial charge on any atom is -0.389 e. The van der Waals surface area contributed by atoms with E-state index in [9.17, 15) is 9.50 Å². The Morgan fingerprint density at radius 2 is 2.29 bits per heavy atom. The van der Waals surface area contributed by atoms with Crippen molar-refractivity contribution in [3.05, 3.63) is 29.6 Å². The summed E-state index contributed by atoms with van der Waals surface area (Å²) in [5.41, 5.74) is 1.22. The van der Waals surface area contributed by atoms with E-state index >= 15 is 0 Å². The molecule has 2 nitrogen and oxygen atoms in total. The van der Waals surface area contributed by atoms with Gasteiger partial charge < -0.3 is 10.0 Å². The van der Waals surface area contributed by atoms with Gasteiger partial charge in [0.1, 0.15) is 5.82 Å². The summed E-state index contributed by atoms with van der Waals surface area (Å²) in [5, 5.41) is 9.71. The topological polar surface area (TPSA) is 23.5 Å². The minimum atomic E-state index is -0.775. The summed E-state index contributed by atoms with van der Waals surface area (Å²) in [6.07, 6.45) is 0.347. The average molecular weight is 255 g/mol. The van der Waals surface area contributed by atoms with E-state index in [0.717, 1.165) is 23.6 Å². The van der Waals surface area contributed by atoms with Crippen LogP contribution in [0.2, 0.25) is 0 Å². The maximum absolute atomic E-state index is 13.8. The van der Waals surface area contributed by atoms with Crippen molar-refractivity contribution in [3.8, 4) is 0 Å². The molecule has 1 aliphatic rings. The lowest BCUT2D eigenvalue weighted by Gasteiger charge is -2.29. The number of rotatable bonds is 3. The molecule has 1 N–H and O–H groups in total. The zero-order valence-electron chi connectivity index (χ0n) is 10.2. The third-order valence-electron chi connectivity index (χ3n) is 3.28. The second kappa shape index (κ2) is 5.27. The zero-order valence-corrected chi connectivity index (χ0v) is 11.0. The monoisotopic (exact) mass is 255 g/mol. The molecule has 2 rings (SSSR count). The number of hydrogen-bond acceptors (Lipinski definition) is 3. The van der Waals surface area contributed by atoms with Crippen molar-refractivity contribution in [2.75, 3.05) is 23.5 Å². The molecular weight excluding hydrogens is 237 g/mol. The van der Waals surface area contributed by atoms with Crippen LogP contribution in [0.5, 0.6) is 0 Å². The van der Waals surface area contributed by atoms with Crippen LogP contribution in [-0.2, 0) is 0 Å². The van der Waals surface area contributed by atoms with E-state index in [1.54, 1.807) is 13.0 Å². The van der Waals surface area contributed by atoms with Gasteiger partial charge in [-0.05, 0) is 31.2 Å². The van der Waals surface area contributed by atoms with E-state index in [0.29, 0.717) is 11.6 Å². The summed E-state index contributed by atoms with van der Waals surface area (Å²) in [5.74, 6) is 1.91. The van der Waals surface area contributed by atoms with E-state index in [1.807, 2.05) is 24.9 Å². The largest absolute Gasteiger partial charge is 0.389 e. The van der Waals surface area contributed by atoms with Gasteiger partial charge in [0.05, 0.1) is 6.10 Å². The quantitative estimate of drug-likeness (QED) is 0.898. The van der Waals surface area contributed by atoms with E-state index < -0.39 is 6.10 Å². The molecule has 94 valence electrons. The predicted octanol–water partition coefficient (Wildman–Crippen LogP) is 2.82. The highest BCUT2D eigenvalue weighted by Crippen LogP contribution is 2.32. The lowest BCUT2D eigenvalue weighted by atomic mass is 10.1. The van der Waals surface area contributed by atoms with Crippen molar-refractivity contribution in [3.63, 3.8) is 0 Å². The van der Waals surface area contributed by atoms with Crippen molar-refractivity contribution in [1.82, 2.24) is 0 Å². The van der Waals surface area contributed by atoms with Crippen molar-refractivity contribution in [2.24, 2.45) is 0 Å². The van der Waals surface area contributed by atoms with E-state index in [1.165, 1.54) is 6.07 Å². The molecule has 1 aliphatic heterocycles. The summed E-state index contributed by atoms with van der Waals surface area (Å²) in [7, 11) is 1.98. The van der Waals surface area contributed by atoms with Gasteiger partial charge in [-0.2, -0.15) is 11.8 Å². The Bertz CT molecular complexity index is 391. The Kier molecular flexibility index (Phi) is 3.94. The first-order valence-corrected chi connectivity index (χ1v) is 7.03. The molecule has 1 unspecified atom stereocenters. The number of anilines is 1. The molecule has 0 spiro atoms. The predicted molar refractivity (Wildman–Crippen MR) is 71.2 cm³/mol. The van der Waals surface area contributed by atoms with Crippen molar-refractivity contribution in [2.45, 2.75) is 25.5 Å². The Labute approximate surface area is 106 Å². The molecule has 2 atom stereocenters. The SMILES string of the molecule is C[C@@H](O)c1c(F)cccc1N(C)C1CCSC1. The first-order valence-electron chi connectivity index (χ1n) is 5.88. The lowest BCUT2D eigenvalue weighted by molar-refractivity contribution is 0.194. The minimum absolute atomic E-state index is 0.324. The van der Waals surface area contributed by atoms with Crippen molar-refractivity contribution in [1.29, 1.82) is 0 Å². The van der Waals surface area contributed by atoms with Crippen LogP contribution in [0.25, 0.3) is 0 Å². The van der Waals surface area contributed by atoms with Gasteiger partial charge in [0.25, 0.3) is 0 Å². The first kappa shape index (κ1) is 12.7. The van der Waals surface area contributed by atoms with Crippen molar-refractivity contribution < 1.29 is 9.50 Å². The second-order valence-electron chi connectivity index (χ2n) is 4.48. The normalized spacial score (nSPS) is 21.5. The van der Waals surface area contributed by atoms with Crippen LogP contribution in [0.1, 0.15) is 25.0 Å². The second-order valence-corrected chi connectivity index (χ2v) is 5.63. The fourth-order valence-corrected chi connectivity index (χ4v) is 3.54. The molecule has 0 aliphatic carbocycles. The van der Waals surface area contributed by atoms with Crippen LogP contribution >= 0.6 is 11.8 Å². The highest BCUT2D eigenvalue weighted by atomic mass is 32.2. The molecule has 1 saturated heterocycles. The summed E-state index contributed by atoms with van der Waals surface area (Å²) >= 11 is 1.93. The van der Waals surface area contributed by atoms with Crippen LogP contribution < -0.4 is 4.90 Å². The standard InChI is InChI=1S/C13H18FNOS/c1-9(16)13-11(14)4-3-5-12(13)15(2)10-6-7-17-8-10/h3-5,9-10,16H,6-8H2,1-2H3/t9-,10?/m1/s1. The maximum atomic E-state index is 13.8. The van der Waals surface area contributed by atoms with Gasteiger partial charge in [0.2, 0.25) is 0 Å². The molecule has 0 bridgehead atoms. The Morgan fingerprint density at radius 1 is 1.53 bits per heavy atom. The van der Waals surface area contributed by atoms with Gasteiger partial charge in [-0.1, -0.05) is 6.07 Å². The highest BCUT2D eigenvalue weighted by Gasteiger charge is 2.24. The van der Waals surface area contributed by atoms with Gasteiger partial charge in [-0.3, -0.25) is 0 Å². The van der Waals surface area contributed by atoms with Crippen LogP contribution in [0.4, 0.5) is 10.1 Å². The number of halogens is 1. The van der Waals surface area contributed by atoms with Gasteiger partial charge in [-0.25, -0.2) is 4.39 Å². The molecule has 0 amide bonds. The van der Waals surface area contributed by atoms with E-state index in [-0.39, 0.29) is 5.82 Å². The number of aliphatic hydroxyl groups is 1. The fourth-order valence-electron chi connectivity index (χ4n) is 2.27. The lowest BCUT2D eigenvalue weighted by Crippen LogP contribution is -2.32. The van der Waals surface area contributed by atoms with E-state index in [2.05, 4.69) is 4.90 Å². The summed E-state index contributed by atoms with van der Waals surface area (Å²) < 4.78 is 13.8. The fraction of sp³-hybridized carbons (Fsp3) is 0.538. The highest BCUT2D eigenvalue weighted by molar-refractivity contribution is 7.99. The molecule has 0 aromatic heterocycles. The van der Waals surface area contributed by atoms with Crippen LogP contribution in [0.3, 0.4) is 0 Å². The molecule has 1 aromatic rings. The third kappa shape index (κ3) is 2.58. The van der Waals surface area contributed by atoms with E-state index in [4.69, 9.17) is 0 Å². The Balaban J connectivity index is 2.33.